The average Bonchev–Trinajstić information content (AvgIpc) is 2.74. The van der Waals surface area contributed by atoms with Gasteiger partial charge in [-0.1, -0.05) is 18.2 Å². The third-order valence-corrected chi connectivity index (χ3v) is 4.76. The quantitative estimate of drug-likeness (QED) is 0.538. The van der Waals surface area contributed by atoms with E-state index in [1.807, 2.05) is 24.3 Å². The fourth-order valence-corrected chi connectivity index (χ4v) is 3.45. The van der Waals surface area contributed by atoms with E-state index >= 15 is 0 Å². The summed E-state index contributed by atoms with van der Waals surface area (Å²) < 4.78 is 11.8. The molecule has 0 atom stereocenters. The molecule has 4 rings (SSSR count). The van der Waals surface area contributed by atoms with Gasteiger partial charge >= 0.3 is 5.97 Å². The number of nitrogens with two attached hydrogens (primary N) is 1. The highest BCUT2D eigenvalue weighted by Gasteiger charge is 2.23. The van der Waals surface area contributed by atoms with Gasteiger partial charge in [-0.2, -0.15) is 0 Å². The van der Waals surface area contributed by atoms with Crippen LogP contribution < -0.4 is 16.0 Å². The summed E-state index contributed by atoms with van der Waals surface area (Å²) >= 11 is 0. The molecule has 0 aliphatic carbocycles. The molecule has 2 N–H and O–H groups in total. The van der Waals surface area contributed by atoms with Gasteiger partial charge in [0.15, 0.2) is 0 Å². The second-order valence-corrected chi connectivity index (χ2v) is 6.39. The van der Waals surface area contributed by atoms with Crippen LogP contribution in [-0.2, 0) is 4.74 Å². The maximum atomic E-state index is 13.4. The zero-order valence-electron chi connectivity index (χ0n) is 16.0. The molecule has 146 valence electrons. The highest BCUT2D eigenvalue weighted by atomic mass is 16.5. The van der Waals surface area contributed by atoms with Crippen LogP contribution in [0.4, 0.5) is 5.82 Å². The third-order valence-electron chi connectivity index (χ3n) is 4.76. The fourth-order valence-electron chi connectivity index (χ4n) is 3.45. The second-order valence-electron chi connectivity index (χ2n) is 6.39. The molecule has 0 saturated carbocycles. The van der Waals surface area contributed by atoms with Crippen molar-refractivity contribution in [1.29, 1.82) is 0 Å². The number of hydrogen-bond donors (Lipinski definition) is 1. The standard InChI is InChI=1S/C22H19N3O4/c1-3-29-22(27)18-16-12-14(28-2)9-10-15(16)21(26)25(20(18)23)17-8-4-6-13-7-5-11-24-19(13)17/h4-12H,3,23H2,1-2H3. The molecule has 0 unspecified atom stereocenters. The summed E-state index contributed by atoms with van der Waals surface area (Å²) in [5.41, 5.74) is 7.25. The van der Waals surface area contributed by atoms with Crippen molar-refractivity contribution < 1.29 is 14.3 Å². The number of nitrogen functional groups attached to an aromatic ring is 1. The van der Waals surface area contributed by atoms with Gasteiger partial charge in [0.05, 0.1) is 24.9 Å². The molecule has 2 heterocycles. The zero-order chi connectivity index (χ0) is 20.5. The normalized spacial score (nSPS) is 11.0. The smallest absolute Gasteiger partial charge is 0.342 e. The topological polar surface area (TPSA) is 96.4 Å². The number of carbonyl (C=O) groups excluding carboxylic acids is 1. The number of pyridine rings is 2. The van der Waals surface area contributed by atoms with Gasteiger partial charge in [-0.15, -0.1) is 0 Å². The van der Waals surface area contributed by atoms with Crippen LogP contribution in [0.15, 0.2) is 59.5 Å². The van der Waals surface area contributed by atoms with Crippen molar-refractivity contribution in [3.63, 3.8) is 0 Å². The molecule has 0 radical (unpaired) electrons. The molecule has 0 spiro atoms. The van der Waals surface area contributed by atoms with Gasteiger partial charge in [0, 0.05) is 22.4 Å². The molecule has 0 bridgehead atoms. The summed E-state index contributed by atoms with van der Waals surface area (Å²) in [6.45, 7) is 1.89. The predicted molar refractivity (Wildman–Crippen MR) is 112 cm³/mol. The highest BCUT2D eigenvalue weighted by molar-refractivity contribution is 6.09. The highest BCUT2D eigenvalue weighted by Crippen LogP contribution is 2.30. The van der Waals surface area contributed by atoms with E-state index < -0.39 is 5.97 Å². The molecule has 2 aromatic heterocycles. The zero-order valence-corrected chi connectivity index (χ0v) is 16.0. The number of esters is 1. The van der Waals surface area contributed by atoms with Crippen LogP contribution in [0.5, 0.6) is 5.75 Å². The number of anilines is 1. The van der Waals surface area contributed by atoms with Crippen molar-refractivity contribution in [2.24, 2.45) is 0 Å². The SMILES string of the molecule is CCOC(=O)c1c(N)n(-c2cccc3cccnc23)c(=O)c2ccc(OC)cc12. The molecule has 0 saturated heterocycles. The van der Waals surface area contributed by atoms with Crippen LogP contribution in [0, 0.1) is 0 Å². The molecule has 4 aromatic rings. The second kappa shape index (κ2) is 7.27. The first kappa shape index (κ1) is 18.5. The van der Waals surface area contributed by atoms with Crippen LogP contribution in [0.3, 0.4) is 0 Å². The molecule has 7 heteroatoms. The van der Waals surface area contributed by atoms with Crippen molar-refractivity contribution in [2.45, 2.75) is 6.92 Å². The number of aromatic nitrogens is 2. The first-order chi connectivity index (χ1) is 14.1. The minimum absolute atomic E-state index is 0.00708. The van der Waals surface area contributed by atoms with E-state index in [0.29, 0.717) is 27.7 Å². The van der Waals surface area contributed by atoms with Crippen molar-refractivity contribution >= 4 is 33.5 Å². The Morgan fingerprint density at radius 2 is 1.93 bits per heavy atom. The summed E-state index contributed by atoms with van der Waals surface area (Å²) in [5.74, 6) is -0.107. The molecule has 0 amide bonds. The van der Waals surface area contributed by atoms with Crippen LogP contribution in [-0.4, -0.2) is 29.2 Å². The number of ether oxygens (including phenoxy) is 2. The molecule has 0 aliphatic rings. The Balaban J connectivity index is 2.15. The summed E-state index contributed by atoms with van der Waals surface area (Å²) in [6, 6.07) is 14.1. The fraction of sp³-hybridized carbons (Fsp3) is 0.136. The minimum Gasteiger partial charge on any atom is -0.497 e. The summed E-state index contributed by atoms with van der Waals surface area (Å²) in [4.78, 5) is 30.6. The van der Waals surface area contributed by atoms with Crippen molar-refractivity contribution in [2.75, 3.05) is 19.5 Å². The van der Waals surface area contributed by atoms with E-state index in [2.05, 4.69) is 4.98 Å². The Morgan fingerprint density at radius 1 is 1.14 bits per heavy atom. The Kier molecular flexibility index (Phi) is 4.64. The minimum atomic E-state index is -0.606. The van der Waals surface area contributed by atoms with E-state index in [1.54, 1.807) is 37.4 Å². The van der Waals surface area contributed by atoms with Gasteiger partial charge in [-0.3, -0.25) is 14.3 Å². The van der Waals surface area contributed by atoms with Crippen LogP contribution >= 0.6 is 0 Å². The number of hydrogen-bond acceptors (Lipinski definition) is 6. The van der Waals surface area contributed by atoms with E-state index in [4.69, 9.17) is 15.2 Å². The lowest BCUT2D eigenvalue weighted by atomic mass is 10.0. The molecule has 0 aliphatic heterocycles. The number of benzene rings is 2. The van der Waals surface area contributed by atoms with Gasteiger partial charge in [-0.05, 0) is 37.3 Å². The number of methoxy groups -OCH3 is 1. The number of para-hydroxylation sites is 1. The first-order valence-electron chi connectivity index (χ1n) is 9.10. The number of rotatable bonds is 4. The van der Waals surface area contributed by atoms with Gasteiger partial charge < -0.3 is 15.2 Å². The number of carbonyl (C=O) groups is 1. The Labute approximate surface area is 166 Å². The summed E-state index contributed by atoms with van der Waals surface area (Å²) in [5, 5.41) is 1.56. The van der Waals surface area contributed by atoms with Crippen LogP contribution in [0.1, 0.15) is 17.3 Å². The maximum absolute atomic E-state index is 13.4. The Hall–Kier alpha value is -3.87. The number of fused-ring (bicyclic) bond motifs is 2. The van der Waals surface area contributed by atoms with Crippen molar-refractivity contribution in [3.05, 3.63) is 70.6 Å². The first-order valence-corrected chi connectivity index (χ1v) is 9.10. The lowest BCUT2D eigenvalue weighted by Crippen LogP contribution is -2.26. The number of nitrogens with zero attached hydrogens (tertiary/aromatic N) is 2. The average molecular weight is 389 g/mol. The summed E-state index contributed by atoms with van der Waals surface area (Å²) in [7, 11) is 1.51. The van der Waals surface area contributed by atoms with E-state index in [0.717, 1.165) is 5.39 Å². The van der Waals surface area contributed by atoms with E-state index in [1.165, 1.54) is 11.7 Å². The van der Waals surface area contributed by atoms with E-state index in [9.17, 15) is 9.59 Å². The third kappa shape index (κ3) is 2.97. The van der Waals surface area contributed by atoms with Gasteiger partial charge in [0.1, 0.15) is 17.1 Å². The lowest BCUT2D eigenvalue weighted by molar-refractivity contribution is 0.0529. The monoisotopic (exact) mass is 389 g/mol. The molecule has 7 nitrogen and oxygen atoms in total. The molecule has 0 fully saturated rings. The van der Waals surface area contributed by atoms with Crippen LogP contribution in [0.25, 0.3) is 27.4 Å². The van der Waals surface area contributed by atoms with Gasteiger partial charge in [-0.25, -0.2) is 4.79 Å². The van der Waals surface area contributed by atoms with Crippen molar-refractivity contribution in [1.82, 2.24) is 9.55 Å². The van der Waals surface area contributed by atoms with E-state index in [-0.39, 0.29) is 23.5 Å². The lowest BCUT2D eigenvalue weighted by Gasteiger charge is -2.17. The van der Waals surface area contributed by atoms with Crippen LogP contribution in [0.2, 0.25) is 0 Å². The van der Waals surface area contributed by atoms with Gasteiger partial charge in [0.25, 0.3) is 5.56 Å². The molecular weight excluding hydrogens is 370 g/mol. The summed E-state index contributed by atoms with van der Waals surface area (Å²) in [6.07, 6.45) is 1.64. The Bertz CT molecular complexity index is 1310. The molecule has 2 aromatic carbocycles. The largest absolute Gasteiger partial charge is 0.497 e. The van der Waals surface area contributed by atoms with Crippen molar-refractivity contribution in [3.8, 4) is 11.4 Å². The predicted octanol–water partition coefficient (Wildman–Crippen LogP) is 3.31. The Morgan fingerprint density at radius 3 is 2.69 bits per heavy atom. The molecular formula is C22H19N3O4. The maximum Gasteiger partial charge on any atom is 0.342 e. The van der Waals surface area contributed by atoms with Gasteiger partial charge in [0.2, 0.25) is 0 Å². The molecule has 29 heavy (non-hydrogen) atoms.